The lowest BCUT2D eigenvalue weighted by molar-refractivity contribution is -0.160. The Labute approximate surface area is 144 Å². The third-order valence-electron chi connectivity index (χ3n) is 2.84. The molecular formula is C17H18O8. The highest BCUT2D eigenvalue weighted by Crippen LogP contribution is 2.12. The summed E-state index contributed by atoms with van der Waals surface area (Å²) in [5, 5.41) is 0. The minimum atomic E-state index is -0.817. The summed E-state index contributed by atoms with van der Waals surface area (Å²) in [6, 6.07) is 6.73. The number of esters is 4. The molecule has 0 aliphatic carbocycles. The van der Waals surface area contributed by atoms with Crippen molar-refractivity contribution < 1.29 is 38.1 Å². The van der Waals surface area contributed by atoms with Crippen molar-refractivity contribution in [3.05, 3.63) is 42.0 Å². The van der Waals surface area contributed by atoms with Crippen LogP contribution in [0.5, 0.6) is 5.75 Å². The second-order valence-corrected chi connectivity index (χ2v) is 4.64. The molecule has 0 spiro atoms. The second-order valence-electron chi connectivity index (χ2n) is 4.64. The van der Waals surface area contributed by atoms with Gasteiger partial charge in [0.25, 0.3) is 0 Å². The standard InChI is InChI=1S/C17H18O8/c1-22-13-5-3-12(4-6-13)11-17(21)25-16(20)9-10-24-15(19)8-7-14(18)23-2/h3-8H,9-11H2,1-2H3. The number of ether oxygens (including phenoxy) is 4. The van der Waals surface area contributed by atoms with Gasteiger partial charge in [-0.05, 0) is 17.7 Å². The number of carbonyl (C=O) groups is 4. The molecule has 0 fully saturated rings. The fourth-order valence-electron chi connectivity index (χ4n) is 1.61. The predicted octanol–water partition coefficient (Wildman–Crippen LogP) is 0.970. The van der Waals surface area contributed by atoms with Crippen molar-refractivity contribution in [3.8, 4) is 5.75 Å². The molecular weight excluding hydrogens is 332 g/mol. The molecule has 0 heterocycles. The van der Waals surface area contributed by atoms with Gasteiger partial charge in [0.1, 0.15) is 12.4 Å². The Morgan fingerprint density at radius 3 is 2.16 bits per heavy atom. The van der Waals surface area contributed by atoms with E-state index >= 15 is 0 Å². The first-order valence-electron chi connectivity index (χ1n) is 7.24. The van der Waals surface area contributed by atoms with Crippen molar-refractivity contribution in [2.45, 2.75) is 12.8 Å². The molecule has 0 saturated carbocycles. The zero-order valence-electron chi connectivity index (χ0n) is 13.9. The van der Waals surface area contributed by atoms with E-state index in [1.165, 1.54) is 7.11 Å². The highest BCUT2D eigenvalue weighted by atomic mass is 16.6. The summed E-state index contributed by atoms with van der Waals surface area (Å²) in [6.45, 7) is -0.279. The minimum absolute atomic E-state index is 0.0720. The van der Waals surface area contributed by atoms with E-state index < -0.39 is 23.9 Å². The van der Waals surface area contributed by atoms with Crippen molar-refractivity contribution in [1.29, 1.82) is 0 Å². The molecule has 0 radical (unpaired) electrons. The van der Waals surface area contributed by atoms with Crippen molar-refractivity contribution in [3.63, 3.8) is 0 Å². The highest BCUT2D eigenvalue weighted by molar-refractivity contribution is 5.91. The van der Waals surface area contributed by atoms with Crippen molar-refractivity contribution >= 4 is 23.9 Å². The topological polar surface area (TPSA) is 105 Å². The second kappa shape index (κ2) is 10.6. The Bertz CT molecular complexity index is 645. The molecule has 1 aromatic rings. The number of hydrogen-bond donors (Lipinski definition) is 0. The molecule has 8 nitrogen and oxygen atoms in total. The van der Waals surface area contributed by atoms with E-state index in [1.807, 2.05) is 0 Å². The van der Waals surface area contributed by atoms with Crippen molar-refractivity contribution in [1.82, 2.24) is 0 Å². The lowest BCUT2D eigenvalue weighted by Gasteiger charge is -2.05. The van der Waals surface area contributed by atoms with Crippen LogP contribution in [0.25, 0.3) is 0 Å². The average Bonchev–Trinajstić information content (AvgIpc) is 2.60. The van der Waals surface area contributed by atoms with Crippen molar-refractivity contribution in [2.75, 3.05) is 20.8 Å². The molecule has 0 bridgehead atoms. The fourth-order valence-corrected chi connectivity index (χ4v) is 1.61. The van der Waals surface area contributed by atoms with E-state index in [0.29, 0.717) is 11.3 Å². The maximum Gasteiger partial charge on any atom is 0.331 e. The molecule has 25 heavy (non-hydrogen) atoms. The molecule has 0 aliphatic rings. The summed E-state index contributed by atoms with van der Waals surface area (Å²) in [5.74, 6) is -2.41. The van der Waals surface area contributed by atoms with Crippen LogP contribution in [0.2, 0.25) is 0 Å². The molecule has 0 aliphatic heterocycles. The molecule has 0 unspecified atom stereocenters. The SMILES string of the molecule is COC(=O)C=CC(=O)OCCC(=O)OC(=O)Cc1ccc(OC)cc1. The van der Waals surface area contributed by atoms with Gasteiger partial charge in [-0.3, -0.25) is 9.59 Å². The van der Waals surface area contributed by atoms with Crippen LogP contribution in [0.15, 0.2) is 36.4 Å². The van der Waals surface area contributed by atoms with E-state index in [2.05, 4.69) is 14.2 Å². The predicted molar refractivity (Wildman–Crippen MR) is 84.5 cm³/mol. The number of benzene rings is 1. The maximum atomic E-state index is 11.6. The summed E-state index contributed by atoms with van der Waals surface area (Å²) >= 11 is 0. The Morgan fingerprint density at radius 2 is 1.56 bits per heavy atom. The van der Waals surface area contributed by atoms with Crippen LogP contribution in [-0.2, 0) is 39.8 Å². The summed E-state index contributed by atoms with van der Waals surface area (Å²) in [4.78, 5) is 45.1. The van der Waals surface area contributed by atoms with E-state index in [1.54, 1.807) is 24.3 Å². The van der Waals surface area contributed by atoms with E-state index in [4.69, 9.17) is 4.74 Å². The van der Waals surface area contributed by atoms with Crippen LogP contribution < -0.4 is 4.74 Å². The minimum Gasteiger partial charge on any atom is -0.497 e. The van der Waals surface area contributed by atoms with Gasteiger partial charge in [0.2, 0.25) is 0 Å². The summed E-state index contributed by atoms with van der Waals surface area (Å²) in [6.07, 6.45) is 1.40. The molecule has 0 amide bonds. The van der Waals surface area contributed by atoms with Gasteiger partial charge in [-0.15, -0.1) is 0 Å². The largest absolute Gasteiger partial charge is 0.497 e. The van der Waals surface area contributed by atoms with Gasteiger partial charge in [0, 0.05) is 12.2 Å². The molecule has 8 heteroatoms. The van der Waals surface area contributed by atoms with Gasteiger partial charge in [-0.2, -0.15) is 0 Å². The molecule has 0 atom stereocenters. The normalized spacial score (nSPS) is 10.2. The average molecular weight is 350 g/mol. The number of methoxy groups -OCH3 is 2. The highest BCUT2D eigenvalue weighted by Gasteiger charge is 2.12. The fraction of sp³-hybridized carbons (Fsp3) is 0.294. The first-order valence-corrected chi connectivity index (χ1v) is 7.24. The first kappa shape index (κ1) is 19.9. The van der Waals surface area contributed by atoms with Crippen LogP contribution in [0, 0.1) is 0 Å². The van der Waals surface area contributed by atoms with Crippen LogP contribution in [0.4, 0.5) is 0 Å². The van der Waals surface area contributed by atoms with E-state index in [-0.39, 0.29) is 19.4 Å². The van der Waals surface area contributed by atoms with Crippen molar-refractivity contribution in [2.24, 2.45) is 0 Å². The Balaban J connectivity index is 2.29. The molecule has 0 saturated heterocycles. The van der Waals surface area contributed by atoms with E-state index in [0.717, 1.165) is 19.3 Å². The van der Waals surface area contributed by atoms with Gasteiger partial charge in [0.15, 0.2) is 0 Å². The van der Waals surface area contributed by atoms with Crippen LogP contribution >= 0.6 is 0 Å². The summed E-state index contributed by atoms with van der Waals surface area (Å²) in [5.41, 5.74) is 0.665. The third kappa shape index (κ3) is 8.31. The number of rotatable bonds is 8. The lowest BCUT2D eigenvalue weighted by atomic mass is 10.1. The van der Waals surface area contributed by atoms with Gasteiger partial charge >= 0.3 is 23.9 Å². The van der Waals surface area contributed by atoms with Gasteiger partial charge in [-0.1, -0.05) is 12.1 Å². The van der Waals surface area contributed by atoms with Crippen LogP contribution in [0.3, 0.4) is 0 Å². The Morgan fingerprint density at radius 1 is 0.920 bits per heavy atom. The lowest BCUT2D eigenvalue weighted by Crippen LogP contribution is -2.16. The van der Waals surface area contributed by atoms with Crippen LogP contribution in [-0.4, -0.2) is 44.7 Å². The van der Waals surface area contributed by atoms with Gasteiger partial charge < -0.3 is 18.9 Å². The Hall–Kier alpha value is -3.16. The molecule has 1 rings (SSSR count). The smallest absolute Gasteiger partial charge is 0.331 e. The molecule has 0 aromatic heterocycles. The monoisotopic (exact) mass is 350 g/mol. The maximum absolute atomic E-state index is 11.6. The third-order valence-corrected chi connectivity index (χ3v) is 2.84. The Kier molecular flexibility index (Phi) is 8.42. The summed E-state index contributed by atoms with van der Waals surface area (Å²) < 4.78 is 18.6. The van der Waals surface area contributed by atoms with Crippen LogP contribution in [0.1, 0.15) is 12.0 Å². The summed E-state index contributed by atoms with van der Waals surface area (Å²) in [7, 11) is 2.69. The quantitative estimate of drug-likeness (QED) is 0.296. The zero-order valence-corrected chi connectivity index (χ0v) is 13.9. The number of carbonyl (C=O) groups excluding carboxylic acids is 4. The number of hydrogen-bond acceptors (Lipinski definition) is 8. The molecule has 1 aromatic carbocycles. The molecule has 134 valence electrons. The van der Waals surface area contributed by atoms with E-state index in [9.17, 15) is 19.2 Å². The zero-order chi connectivity index (χ0) is 18.7. The van der Waals surface area contributed by atoms with Gasteiger partial charge in [0.05, 0.1) is 27.1 Å². The molecule has 0 N–H and O–H groups in total. The first-order chi connectivity index (χ1) is 11.9. The van der Waals surface area contributed by atoms with Gasteiger partial charge in [-0.25, -0.2) is 9.59 Å².